The molecule has 1 aromatic carbocycles. The molecule has 1 aliphatic rings. The summed E-state index contributed by atoms with van der Waals surface area (Å²) in [5.74, 6) is -1.22. The van der Waals surface area contributed by atoms with E-state index in [1.54, 1.807) is 47.8 Å². The predicted octanol–water partition coefficient (Wildman–Crippen LogP) is 5.29. The third-order valence-corrected chi connectivity index (χ3v) is 6.15. The molecule has 0 N–H and O–H groups in total. The van der Waals surface area contributed by atoms with Crippen molar-refractivity contribution in [2.45, 2.75) is 25.4 Å². The van der Waals surface area contributed by atoms with Gasteiger partial charge in [0.2, 0.25) is 0 Å². The van der Waals surface area contributed by atoms with Crippen LogP contribution in [0.25, 0.3) is 11.3 Å². The highest BCUT2D eigenvalue weighted by molar-refractivity contribution is 5.99. The molecular formula is C25H20F4N4O. The fraction of sp³-hybridized carbons (Fsp3) is 0.280. The van der Waals surface area contributed by atoms with Gasteiger partial charge in [0, 0.05) is 37.2 Å². The number of piperidine rings is 1. The van der Waals surface area contributed by atoms with E-state index in [-0.39, 0.29) is 43.8 Å². The van der Waals surface area contributed by atoms with Crippen LogP contribution in [0.5, 0.6) is 0 Å². The Morgan fingerprint density at radius 2 is 1.79 bits per heavy atom. The highest BCUT2D eigenvalue weighted by Gasteiger charge is 2.38. The van der Waals surface area contributed by atoms with Crippen LogP contribution >= 0.6 is 0 Å². The Labute approximate surface area is 193 Å². The second-order valence-electron chi connectivity index (χ2n) is 8.30. The minimum absolute atomic E-state index is 0.0232. The van der Waals surface area contributed by atoms with Crippen molar-refractivity contribution >= 4 is 5.91 Å². The third-order valence-electron chi connectivity index (χ3n) is 6.15. The maximum Gasteiger partial charge on any atom is 0.416 e. The minimum atomic E-state index is -4.64. The predicted molar refractivity (Wildman–Crippen MR) is 116 cm³/mol. The summed E-state index contributed by atoms with van der Waals surface area (Å²) in [4.78, 5) is 23.2. The lowest BCUT2D eigenvalue weighted by Gasteiger charge is -2.37. The SMILES string of the molecule is N#CC1(Cc2ccc(C(F)(F)F)cc2F)CCN(C(=O)c2cccnc2-c2ccncc2)CC1. The number of alkyl halides is 3. The van der Waals surface area contributed by atoms with Gasteiger partial charge in [0.05, 0.1) is 28.3 Å². The molecule has 1 saturated heterocycles. The monoisotopic (exact) mass is 468 g/mol. The summed E-state index contributed by atoms with van der Waals surface area (Å²) in [6, 6.07) is 11.5. The molecule has 0 atom stereocenters. The average molecular weight is 468 g/mol. The first-order valence-electron chi connectivity index (χ1n) is 10.6. The van der Waals surface area contributed by atoms with Crippen LogP contribution in [0.1, 0.15) is 34.3 Å². The number of rotatable bonds is 4. The van der Waals surface area contributed by atoms with Crippen LogP contribution in [-0.4, -0.2) is 33.9 Å². The molecule has 0 radical (unpaired) electrons. The van der Waals surface area contributed by atoms with Crippen LogP contribution < -0.4 is 0 Å². The number of carbonyl (C=O) groups excluding carboxylic acids is 1. The van der Waals surface area contributed by atoms with Gasteiger partial charge in [-0.25, -0.2) is 4.39 Å². The van der Waals surface area contributed by atoms with Crippen LogP contribution in [0.3, 0.4) is 0 Å². The third kappa shape index (κ3) is 4.76. The molecule has 34 heavy (non-hydrogen) atoms. The first kappa shape index (κ1) is 23.4. The fourth-order valence-corrected chi connectivity index (χ4v) is 4.19. The number of aromatic nitrogens is 2. The van der Waals surface area contributed by atoms with Crippen molar-refractivity contribution < 1.29 is 22.4 Å². The highest BCUT2D eigenvalue weighted by Crippen LogP contribution is 2.37. The molecule has 0 saturated carbocycles. The second kappa shape index (κ2) is 9.21. The van der Waals surface area contributed by atoms with Gasteiger partial charge in [-0.3, -0.25) is 14.8 Å². The molecule has 2 aromatic heterocycles. The molecule has 0 bridgehead atoms. The number of halogens is 4. The largest absolute Gasteiger partial charge is 0.416 e. The number of hydrogen-bond acceptors (Lipinski definition) is 4. The van der Waals surface area contributed by atoms with Crippen molar-refractivity contribution in [2.24, 2.45) is 5.41 Å². The van der Waals surface area contributed by atoms with E-state index in [0.717, 1.165) is 17.7 Å². The topological polar surface area (TPSA) is 69.9 Å². The van der Waals surface area contributed by atoms with E-state index in [9.17, 15) is 27.6 Å². The molecule has 4 rings (SSSR count). The van der Waals surface area contributed by atoms with Crippen LogP contribution in [0, 0.1) is 22.6 Å². The van der Waals surface area contributed by atoms with Gasteiger partial charge >= 0.3 is 6.18 Å². The lowest BCUT2D eigenvalue weighted by Crippen LogP contribution is -2.43. The smallest absolute Gasteiger partial charge is 0.338 e. The molecule has 3 aromatic rings. The first-order chi connectivity index (χ1) is 16.2. The zero-order valence-electron chi connectivity index (χ0n) is 18.0. The summed E-state index contributed by atoms with van der Waals surface area (Å²) in [7, 11) is 0. The Kier molecular flexibility index (Phi) is 6.33. The maximum atomic E-state index is 14.4. The van der Waals surface area contributed by atoms with Crippen molar-refractivity contribution in [3.8, 4) is 17.3 Å². The molecule has 1 amide bonds. The number of likely N-dealkylation sites (tertiary alicyclic amines) is 1. The number of benzene rings is 1. The van der Waals surface area contributed by atoms with Gasteiger partial charge in [0.1, 0.15) is 5.82 Å². The van der Waals surface area contributed by atoms with Gasteiger partial charge < -0.3 is 4.90 Å². The molecule has 0 aliphatic carbocycles. The summed E-state index contributed by atoms with van der Waals surface area (Å²) in [5, 5.41) is 9.84. The van der Waals surface area contributed by atoms with Gasteiger partial charge in [-0.05, 0) is 61.2 Å². The fourth-order valence-electron chi connectivity index (χ4n) is 4.19. The van der Waals surface area contributed by atoms with Crippen molar-refractivity contribution in [3.05, 3.63) is 83.6 Å². The van der Waals surface area contributed by atoms with Crippen molar-refractivity contribution in [3.63, 3.8) is 0 Å². The van der Waals surface area contributed by atoms with Crippen LogP contribution in [0.15, 0.2) is 61.1 Å². The standard InChI is InChI=1S/C25H20F4N4O/c26-21-14-19(25(27,28)29)4-3-18(21)15-24(16-30)7-12-33(13-8-24)23(34)20-2-1-9-32-22(20)17-5-10-31-11-6-17/h1-6,9-11,14H,7-8,12-13,15H2. The molecule has 1 aliphatic heterocycles. The number of amides is 1. The molecule has 5 nitrogen and oxygen atoms in total. The van der Waals surface area contributed by atoms with E-state index in [1.165, 1.54) is 0 Å². The summed E-state index contributed by atoms with van der Waals surface area (Å²) in [5.41, 5.74) is -0.283. The summed E-state index contributed by atoms with van der Waals surface area (Å²) in [6.45, 7) is 0.526. The summed E-state index contributed by atoms with van der Waals surface area (Å²) >= 11 is 0. The Balaban J connectivity index is 1.50. The quantitative estimate of drug-likeness (QED) is 0.488. The number of nitrogens with zero attached hydrogens (tertiary/aromatic N) is 4. The normalized spacial score (nSPS) is 15.6. The van der Waals surface area contributed by atoms with Gasteiger partial charge in [-0.15, -0.1) is 0 Å². The molecular weight excluding hydrogens is 448 g/mol. The lowest BCUT2D eigenvalue weighted by atomic mass is 9.74. The number of hydrogen-bond donors (Lipinski definition) is 0. The summed E-state index contributed by atoms with van der Waals surface area (Å²) < 4.78 is 52.9. The molecule has 0 spiro atoms. The van der Waals surface area contributed by atoms with Crippen molar-refractivity contribution in [2.75, 3.05) is 13.1 Å². The van der Waals surface area contributed by atoms with E-state index in [0.29, 0.717) is 17.3 Å². The number of pyridine rings is 2. The minimum Gasteiger partial charge on any atom is -0.338 e. The van der Waals surface area contributed by atoms with Crippen molar-refractivity contribution in [1.82, 2.24) is 14.9 Å². The average Bonchev–Trinajstić information content (AvgIpc) is 2.85. The molecule has 9 heteroatoms. The van der Waals surface area contributed by atoms with E-state index in [1.807, 2.05) is 0 Å². The zero-order chi connectivity index (χ0) is 24.3. The zero-order valence-corrected chi connectivity index (χ0v) is 18.0. The Morgan fingerprint density at radius 3 is 2.41 bits per heavy atom. The Hall–Kier alpha value is -3.80. The lowest BCUT2D eigenvalue weighted by molar-refractivity contribution is -0.137. The first-order valence-corrected chi connectivity index (χ1v) is 10.6. The van der Waals surface area contributed by atoms with Crippen LogP contribution in [-0.2, 0) is 12.6 Å². The van der Waals surface area contributed by atoms with Gasteiger partial charge in [0.15, 0.2) is 0 Å². The second-order valence-corrected chi connectivity index (χ2v) is 8.30. The van der Waals surface area contributed by atoms with Gasteiger partial charge in [0.25, 0.3) is 5.91 Å². The highest BCUT2D eigenvalue weighted by atomic mass is 19.4. The number of carbonyl (C=O) groups is 1. The van der Waals surface area contributed by atoms with E-state index >= 15 is 0 Å². The molecule has 174 valence electrons. The van der Waals surface area contributed by atoms with E-state index in [4.69, 9.17) is 0 Å². The van der Waals surface area contributed by atoms with Crippen LogP contribution in [0.4, 0.5) is 17.6 Å². The number of nitriles is 1. The van der Waals surface area contributed by atoms with E-state index in [2.05, 4.69) is 16.0 Å². The van der Waals surface area contributed by atoms with Crippen molar-refractivity contribution in [1.29, 1.82) is 5.26 Å². The molecule has 3 heterocycles. The van der Waals surface area contributed by atoms with E-state index < -0.39 is 23.0 Å². The Morgan fingerprint density at radius 1 is 1.09 bits per heavy atom. The maximum absolute atomic E-state index is 14.4. The Bertz CT molecular complexity index is 1230. The van der Waals surface area contributed by atoms with Gasteiger partial charge in [-0.1, -0.05) is 6.07 Å². The van der Waals surface area contributed by atoms with Crippen LogP contribution in [0.2, 0.25) is 0 Å². The molecule has 0 unspecified atom stereocenters. The molecule has 1 fully saturated rings. The summed E-state index contributed by atoms with van der Waals surface area (Å²) in [6.07, 6.45) is 0.717. The van der Waals surface area contributed by atoms with Gasteiger partial charge in [-0.2, -0.15) is 18.4 Å².